The second kappa shape index (κ2) is 10.3. The molecule has 4 fully saturated rings. The Morgan fingerprint density at radius 1 is 1.16 bits per heavy atom. The third kappa shape index (κ3) is 5.07. The zero-order valence-electron chi connectivity index (χ0n) is 23.1. The fourth-order valence-corrected chi connectivity index (χ4v) is 9.66. The number of nitrogens with zero attached hydrogens (tertiary/aromatic N) is 7. The standard InChI is InChI=1S/C22H26N10O9P2S2/c23-16-11-1-3-32(18(11)26-8-25-16)4-2-13-22(36-9-32)6-14(22)41-43(35,45)39-12-5-10(7-37-42(34,44)40-13)38-20(12)31-17-15(29-30-31)19(33)28-21(24)27-17/h1,3,8,10,12-14,20H,2,4-7,9H2,(H6-,23,24,25,26,27,28,30,33,34,35,44,45)/p+1/t10-,12+,13-,14-,20+,22?,32?,42?,43?/m0/s1. The average molecular weight is 702 g/mol. The van der Waals surface area contributed by atoms with Gasteiger partial charge < -0.3 is 48.8 Å². The lowest BCUT2D eigenvalue weighted by molar-refractivity contribution is -0.0849. The number of nitrogen functional groups attached to an aromatic ring is 2. The van der Waals surface area contributed by atoms with Crippen LogP contribution < -0.4 is 21.5 Å². The molecule has 1 aliphatic carbocycles. The monoisotopic (exact) mass is 701 g/mol. The number of quaternary nitrogens is 1. The molecule has 0 aromatic carbocycles. The van der Waals surface area contributed by atoms with Gasteiger partial charge in [0, 0.05) is 25.3 Å². The van der Waals surface area contributed by atoms with Crippen LogP contribution in [0.5, 0.6) is 0 Å². The fraction of sp³-hybridized carbons (Fsp3) is 0.545. The Kier molecular flexibility index (Phi) is 6.88. The molecule has 2 spiro atoms. The molecule has 7 heterocycles. The van der Waals surface area contributed by atoms with Crippen LogP contribution in [-0.4, -0.2) is 94.6 Å². The van der Waals surface area contributed by atoms with Gasteiger partial charge in [-0.15, -0.1) is 5.10 Å². The Bertz CT molecular complexity index is 1910. The van der Waals surface area contributed by atoms with Crippen LogP contribution in [0.4, 0.5) is 17.6 Å². The van der Waals surface area contributed by atoms with Gasteiger partial charge in [-0.3, -0.25) is 9.78 Å². The molecule has 45 heavy (non-hydrogen) atoms. The molecule has 9 atom stereocenters. The quantitative estimate of drug-likeness (QED) is 0.164. The number of ether oxygens (including phenoxy) is 2. The zero-order valence-corrected chi connectivity index (χ0v) is 26.5. The summed E-state index contributed by atoms with van der Waals surface area (Å²) in [7, 11) is 0. The summed E-state index contributed by atoms with van der Waals surface area (Å²) in [5.74, 6) is 0.851. The van der Waals surface area contributed by atoms with Gasteiger partial charge in [0.25, 0.3) is 5.56 Å². The number of nitrogens with two attached hydrogens (primary N) is 2. The molecule has 8 rings (SSSR count). The van der Waals surface area contributed by atoms with E-state index in [-0.39, 0.29) is 47.8 Å². The zero-order chi connectivity index (χ0) is 31.4. The van der Waals surface area contributed by atoms with E-state index >= 15 is 0 Å². The average Bonchev–Trinajstić information content (AvgIpc) is 3.24. The minimum Gasteiger partial charge on any atom is -0.383 e. The van der Waals surface area contributed by atoms with Gasteiger partial charge >= 0.3 is 13.4 Å². The molecule has 23 heteroatoms. The summed E-state index contributed by atoms with van der Waals surface area (Å²) in [6.45, 7) is -7.46. The van der Waals surface area contributed by atoms with Gasteiger partial charge in [-0.2, -0.15) is 14.6 Å². The first-order valence-electron chi connectivity index (χ1n) is 13.8. The van der Waals surface area contributed by atoms with Crippen molar-refractivity contribution in [1.29, 1.82) is 0 Å². The number of aromatic nitrogens is 7. The highest BCUT2D eigenvalue weighted by Crippen LogP contribution is 2.62. The van der Waals surface area contributed by atoms with Crippen molar-refractivity contribution in [2.75, 3.05) is 31.3 Å². The van der Waals surface area contributed by atoms with Crippen LogP contribution in [0.25, 0.3) is 17.2 Å². The number of hydrogen-bond acceptors (Lipinski definition) is 16. The van der Waals surface area contributed by atoms with Gasteiger partial charge in [0.05, 0.1) is 19.3 Å². The second-order valence-corrected chi connectivity index (χ2v) is 16.9. The topological polar surface area (TPSA) is 250 Å². The summed E-state index contributed by atoms with van der Waals surface area (Å²) in [5, 5.41) is 7.92. The highest BCUT2D eigenvalue weighted by molar-refractivity contribution is 8.07. The van der Waals surface area contributed by atoms with Crippen molar-refractivity contribution in [3.63, 3.8) is 0 Å². The first-order valence-corrected chi connectivity index (χ1v) is 19.0. The van der Waals surface area contributed by atoms with E-state index in [1.165, 1.54) is 11.0 Å². The normalized spacial score (nSPS) is 41.0. The Labute approximate surface area is 263 Å². The molecule has 19 nitrogen and oxygen atoms in total. The summed E-state index contributed by atoms with van der Waals surface area (Å²) in [5.41, 5.74) is 10.8. The molecule has 7 N–H and O–H groups in total. The maximum atomic E-state index is 12.3. The van der Waals surface area contributed by atoms with Gasteiger partial charge in [-0.25, -0.2) is 9.47 Å². The van der Waals surface area contributed by atoms with Gasteiger partial charge in [0.2, 0.25) is 11.8 Å². The largest absolute Gasteiger partial charge is 0.383 e. The lowest BCUT2D eigenvalue weighted by Gasteiger charge is -2.30. The second-order valence-electron chi connectivity index (χ2n) is 11.4. The van der Waals surface area contributed by atoms with Gasteiger partial charge in [0.15, 0.2) is 24.1 Å². The molecule has 5 aliphatic rings. The van der Waals surface area contributed by atoms with Gasteiger partial charge in [0.1, 0.15) is 47.8 Å². The van der Waals surface area contributed by atoms with Crippen molar-refractivity contribution in [2.24, 2.45) is 0 Å². The minimum atomic E-state index is -3.97. The number of hydrogen-bond donors (Lipinski definition) is 5. The fourth-order valence-electron chi connectivity index (χ4n) is 6.35. The number of rotatable bonds is 1. The molecule has 240 valence electrons. The number of anilines is 2. The summed E-state index contributed by atoms with van der Waals surface area (Å²) < 4.78 is 38.0. The van der Waals surface area contributed by atoms with Crippen molar-refractivity contribution in [2.45, 2.75) is 55.5 Å². The minimum absolute atomic E-state index is 0.0257. The third-order valence-electron chi connectivity index (χ3n) is 8.58. The van der Waals surface area contributed by atoms with Crippen LogP contribution in [-0.2, 0) is 51.2 Å². The first-order chi connectivity index (χ1) is 21.4. The summed E-state index contributed by atoms with van der Waals surface area (Å²) in [6, 6.07) is 0. The predicted octanol–water partition coefficient (Wildman–Crippen LogP) is -0.112. The molecular weight excluding hydrogens is 674 g/mol. The van der Waals surface area contributed by atoms with Crippen LogP contribution in [0.15, 0.2) is 17.3 Å². The molecule has 0 amide bonds. The molecule has 3 aromatic rings. The Morgan fingerprint density at radius 3 is 2.82 bits per heavy atom. The molecule has 2 bridgehead atoms. The Balaban J connectivity index is 1.11. The Morgan fingerprint density at radius 2 is 1.98 bits per heavy atom. The van der Waals surface area contributed by atoms with Crippen molar-refractivity contribution in [3.05, 3.63) is 28.4 Å². The van der Waals surface area contributed by atoms with Gasteiger partial charge in [-0.1, -0.05) is 5.21 Å². The molecular formula is C22H27N10O9P2S2+. The van der Waals surface area contributed by atoms with Crippen LogP contribution >= 0.6 is 13.4 Å². The highest BCUT2D eigenvalue weighted by atomic mass is 32.5. The molecule has 4 unspecified atom stereocenters. The van der Waals surface area contributed by atoms with E-state index < -0.39 is 55.2 Å². The number of fused-ring (bicyclic) bond motifs is 5. The number of H-pyrrole nitrogens is 1. The van der Waals surface area contributed by atoms with E-state index in [1.807, 2.05) is 12.3 Å². The van der Waals surface area contributed by atoms with Gasteiger partial charge in [-0.05, 0) is 23.6 Å². The van der Waals surface area contributed by atoms with Crippen LogP contribution in [0.2, 0.25) is 0 Å². The van der Waals surface area contributed by atoms with E-state index in [4.69, 9.17) is 62.6 Å². The first kappa shape index (κ1) is 30.0. The lowest BCUT2D eigenvalue weighted by atomic mass is 10.1. The van der Waals surface area contributed by atoms with Crippen molar-refractivity contribution in [3.8, 4) is 0 Å². The lowest BCUT2D eigenvalue weighted by Crippen LogP contribution is -2.45. The number of aromatic amines is 1. The maximum Gasteiger partial charge on any atom is 0.325 e. The predicted molar refractivity (Wildman–Crippen MR) is 163 cm³/mol. The SMILES string of the molecule is Nc1nc2c(nnn2[C@@H]2O[C@@H]3COP(O)(=S)O[C@H]4CC[N+]5(C=Cc6c(N)ncnc65)COC45C[C@@H]5OP(O)(=S)O[C@@H]2C3)c(=O)[nH]1. The van der Waals surface area contributed by atoms with Crippen LogP contribution in [0.1, 0.15) is 31.1 Å². The molecule has 3 saturated heterocycles. The van der Waals surface area contributed by atoms with E-state index in [9.17, 15) is 14.6 Å². The molecule has 1 saturated carbocycles. The highest BCUT2D eigenvalue weighted by Gasteiger charge is 2.68. The van der Waals surface area contributed by atoms with E-state index in [1.54, 1.807) is 0 Å². The van der Waals surface area contributed by atoms with Crippen LogP contribution in [0, 0.1) is 0 Å². The van der Waals surface area contributed by atoms with E-state index in [0.29, 0.717) is 30.2 Å². The van der Waals surface area contributed by atoms with Crippen LogP contribution in [0.3, 0.4) is 0 Å². The Hall–Kier alpha value is -2.36. The maximum absolute atomic E-state index is 12.3. The summed E-state index contributed by atoms with van der Waals surface area (Å²) in [4.78, 5) is 50.0. The third-order valence-corrected chi connectivity index (χ3v) is 11.7. The molecule has 3 aromatic heterocycles. The summed E-state index contributed by atoms with van der Waals surface area (Å²) >= 11 is 10.9. The summed E-state index contributed by atoms with van der Waals surface area (Å²) in [6.07, 6.45) is 1.59. The van der Waals surface area contributed by atoms with E-state index in [0.717, 1.165) is 0 Å². The van der Waals surface area contributed by atoms with E-state index in [2.05, 4.69) is 30.2 Å². The van der Waals surface area contributed by atoms with Crippen molar-refractivity contribution in [1.82, 2.24) is 39.4 Å². The number of nitrogens with one attached hydrogen (secondary N) is 1. The molecule has 4 aliphatic heterocycles. The smallest absolute Gasteiger partial charge is 0.325 e. The molecule has 0 radical (unpaired) electrons. The van der Waals surface area contributed by atoms with Crippen molar-refractivity contribution < 1.29 is 37.4 Å². The van der Waals surface area contributed by atoms with Crippen molar-refractivity contribution >= 4 is 71.9 Å².